The van der Waals surface area contributed by atoms with Crippen LogP contribution in [0.25, 0.3) is 0 Å². The molecule has 90 valence electrons. The molecule has 2 atom stereocenters. The Kier molecular flexibility index (Phi) is 3.63. The van der Waals surface area contributed by atoms with Crippen molar-refractivity contribution in [1.29, 1.82) is 0 Å². The van der Waals surface area contributed by atoms with Gasteiger partial charge in [0.1, 0.15) is 4.21 Å². The van der Waals surface area contributed by atoms with E-state index in [1.165, 1.54) is 11.3 Å². The van der Waals surface area contributed by atoms with E-state index in [0.717, 1.165) is 19.3 Å². The average molecular weight is 261 g/mol. The van der Waals surface area contributed by atoms with Gasteiger partial charge in [0.05, 0.1) is 6.10 Å². The zero-order valence-electron chi connectivity index (χ0n) is 8.80. The first kappa shape index (κ1) is 12.0. The van der Waals surface area contributed by atoms with Crippen LogP contribution in [0.2, 0.25) is 0 Å². The quantitative estimate of drug-likeness (QED) is 0.855. The van der Waals surface area contributed by atoms with Gasteiger partial charge in [-0.3, -0.25) is 0 Å². The van der Waals surface area contributed by atoms with Gasteiger partial charge in [0.25, 0.3) is 0 Å². The molecule has 2 N–H and O–H groups in total. The lowest BCUT2D eigenvalue weighted by molar-refractivity contribution is 0.134. The Morgan fingerprint density at radius 2 is 2.31 bits per heavy atom. The molecule has 0 spiro atoms. The predicted molar refractivity (Wildman–Crippen MR) is 62.9 cm³/mol. The van der Waals surface area contributed by atoms with Gasteiger partial charge in [-0.15, -0.1) is 11.3 Å². The molecule has 1 fully saturated rings. The van der Waals surface area contributed by atoms with Crippen LogP contribution in [0.3, 0.4) is 0 Å². The number of sulfonamides is 1. The van der Waals surface area contributed by atoms with Gasteiger partial charge in [-0.2, -0.15) is 0 Å². The van der Waals surface area contributed by atoms with Crippen molar-refractivity contribution in [3.63, 3.8) is 0 Å². The molecule has 1 aliphatic rings. The third-order valence-electron chi connectivity index (χ3n) is 2.91. The van der Waals surface area contributed by atoms with E-state index in [1.54, 1.807) is 17.5 Å². The summed E-state index contributed by atoms with van der Waals surface area (Å²) in [4.78, 5) is 0. The number of nitrogens with one attached hydrogen (secondary N) is 1. The number of hydrogen-bond donors (Lipinski definition) is 2. The number of aliphatic hydroxyl groups excluding tert-OH is 1. The number of hydrogen-bond acceptors (Lipinski definition) is 4. The van der Waals surface area contributed by atoms with Crippen molar-refractivity contribution < 1.29 is 13.5 Å². The SMILES string of the molecule is O=S(=O)(NCC1CCCC1O)c1cccs1. The second kappa shape index (κ2) is 4.83. The molecular weight excluding hydrogens is 246 g/mol. The van der Waals surface area contributed by atoms with Gasteiger partial charge in [-0.1, -0.05) is 12.5 Å². The van der Waals surface area contributed by atoms with Crippen LogP contribution in [0.5, 0.6) is 0 Å². The van der Waals surface area contributed by atoms with Crippen molar-refractivity contribution in [1.82, 2.24) is 4.72 Å². The maximum atomic E-state index is 11.8. The molecule has 1 saturated carbocycles. The molecule has 0 aromatic carbocycles. The summed E-state index contributed by atoms with van der Waals surface area (Å²) in [5, 5.41) is 11.3. The minimum Gasteiger partial charge on any atom is -0.393 e. The fraction of sp³-hybridized carbons (Fsp3) is 0.600. The summed E-state index contributed by atoms with van der Waals surface area (Å²) in [6.07, 6.45) is 2.30. The summed E-state index contributed by atoms with van der Waals surface area (Å²) in [6.45, 7) is 0.335. The van der Waals surface area contributed by atoms with Gasteiger partial charge < -0.3 is 5.11 Å². The largest absolute Gasteiger partial charge is 0.393 e. The highest BCUT2D eigenvalue weighted by Gasteiger charge is 2.27. The highest BCUT2D eigenvalue weighted by atomic mass is 32.2. The molecule has 0 aliphatic heterocycles. The standard InChI is InChI=1S/C10H15NO3S2/c12-9-4-1-3-8(9)7-11-16(13,14)10-5-2-6-15-10/h2,5-6,8-9,11-12H,1,3-4,7H2. The zero-order valence-corrected chi connectivity index (χ0v) is 10.4. The van der Waals surface area contributed by atoms with Crippen LogP contribution in [0.1, 0.15) is 19.3 Å². The summed E-state index contributed by atoms with van der Waals surface area (Å²) in [5.41, 5.74) is 0. The Labute approximate surface area is 99.4 Å². The van der Waals surface area contributed by atoms with E-state index in [4.69, 9.17) is 0 Å². The predicted octanol–water partition coefficient (Wildman–Crippen LogP) is 1.19. The highest BCUT2D eigenvalue weighted by Crippen LogP contribution is 2.25. The Balaban J connectivity index is 1.95. The average Bonchev–Trinajstić information content (AvgIpc) is 2.85. The van der Waals surface area contributed by atoms with Crippen LogP contribution in [0.4, 0.5) is 0 Å². The summed E-state index contributed by atoms with van der Waals surface area (Å²) in [6, 6.07) is 3.29. The van der Waals surface area contributed by atoms with Gasteiger partial charge in [0.15, 0.2) is 0 Å². The lowest BCUT2D eigenvalue weighted by atomic mass is 10.1. The third kappa shape index (κ3) is 2.63. The fourth-order valence-corrected chi connectivity index (χ4v) is 4.09. The van der Waals surface area contributed by atoms with Crippen molar-refractivity contribution in [3.05, 3.63) is 17.5 Å². The maximum Gasteiger partial charge on any atom is 0.250 e. The summed E-state index contributed by atoms with van der Waals surface area (Å²) in [5.74, 6) is 0.0646. The van der Waals surface area contributed by atoms with E-state index in [2.05, 4.69) is 4.72 Å². The molecule has 2 unspecified atom stereocenters. The monoisotopic (exact) mass is 261 g/mol. The van der Waals surface area contributed by atoms with E-state index in [1.807, 2.05) is 0 Å². The molecular formula is C10H15NO3S2. The van der Waals surface area contributed by atoms with Crippen molar-refractivity contribution >= 4 is 21.4 Å². The second-order valence-electron chi connectivity index (χ2n) is 4.04. The topological polar surface area (TPSA) is 66.4 Å². The molecule has 0 bridgehead atoms. The summed E-state index contributed by atoms with van der Waals surface area (Å²) >= 11 is 1.20. The lowest BCUT2D eigenvalue weighted by Gasteiger charge is -2.14. The smallest absolute Gasteiger partial charge is 0.250 e. The number of aliphatic hydroxyl groups is 1. The lowest BCUT2D eigenvalue weighted by Crippen LogP contribution is -2.32. The molecule has 1 heterocycles. The summed E-state index contributed by atoms with van der Waals surface area (Å²) in [7, 11) is -3.37. The van der Waals surface area contributed by atoms with Crippen LogP contribution in [0, 0.1) is 5.92 Å². The van der Waals surface area contributed by atoms with E-state index in [9.17, 15) is 13.5 Å². The van der Waals surface area contributed by atoms with Gasteiger partial charge >= 0.3 is 0 Å². The first-order valence-corrected chi connectivity index (χ1v) is 7.67. The van der Waals surface area contributed by atoms with Gasteiger partial charge in [0, 0.05) is 6.54 Å². The van der Waals surface area contributed by atoms with Crippen molar-refractivity contribution in [3.8, 4) is 0 Å². The molecule has 0 saturated heterocycles. The minimum atomic E-state index is -3.37. The van der Waals surface area contributed by atoms with Crippen LogP contribution in [-0.2, 0) is 10.0 Å². The zero-order chi connectivity index (χ0) is 11.6. The molecule has 1 aliphatic carbocycles. The molecule has 0 radical (unpaired) electrons. The molecule has 2 rings (SSSR count). The Morgan fingerprint density at radius 3 is 2.88 bits per heavy atom. The molecule has 16 heavy (non-hydrogen) atoms. The molecule has 0 amide bonds. The third-order valence-corrected chi connectivity index (χ3v) is 5.74. The Hall–Kier alpha value is -0.430. The van der Waals surface area contributed by atoms with E-state index >= 15 is 0 Å². The number of thiophene rings is 1. The van der Waals surface area contributed by atoms with Crippen molar-refractivity contribution in [2.24, 2.45) is 5.92 Å². The van der Waals surface area contributed by atoms with Crippen LogP contribution < -0.4 is 4.72 Å². The Morgan fingerprint density at radius 1 is 1.50 bits per heavy atom. The molecule has 1 aromatic rings. The van der Waals surface area contributed by atoms with E-state index in [0.29, 0.717) is 10.8 Å². The van der Waals surface area contributed by atoms with Gasteiger partial charge in [0.2, 0.25) is 10.0 Å². The van der Waals surface area contributed by atoms with E-state index in [-0.39, 0.29) is 12.0 Å². The van der Waals surface area contributed by atoms with Crippen LogP contribution in [0.15, 0.2) is 21.7 Å². The second-order valence-corrected chi connectivity index (χ2v) is 6.98. The molecule has 4 nitrogen and oxygen atoms in total. The maximum absolute atomic E-state index is 11.8. The van der Waals surface area contributed by atoms with Crippen LogP contribution >= 0.6 is 11.3 Å². The normalized spacial score (nSPS) is 26.1. The molecule has 1 aromatic heterocycles. The summed E-state index contributed by atoms with van der Waals surface area (Å²) < 4.78 is 26.4. The number of rotatable bonds is 4. The first-order valence-electron chi connectivity index (χ1n) is 5.31. The van der Waals surface area contributed by atoms with Crippen LogP contribution in [-0.4, -0.2) is 26.2 Å². The minimum absolute atomic E-state index is 0.0646. The Bertz CT molecular complexity index is 427. The van der Waals surface area contributed by atoms with Crippen molar-refractivity contribution in [2.45, 2.75) is 29.6 Å². The van der Waals surface area contributed by atoms with E-state index < -0.39 is 10.0 Å². The van der Waals surface area contributed by atoms with Crippen molar-refractivity contribution in [2.75, 3.05) is 6.54 Å². The van der Waals surface area contributed by atoms with Gasteiger partial charge in [-0.05, 0) is 30.2 Å². The molecule has 6 heteroatoms. The highest BCUT2D eigenvalue weighted by molar-refractivity contribution is 7.91. The van der Waals surface area contributed by atoms with Gasteiger partial charge in [-0.25, -0.2) is 13.1 Å². The first-order chi connectivity index (χ1) is 7.59. The fourth-order valence-electron chi connectivity index (χ4n) is 1.96.